The Labute approximate surface area is 379 Å². The predicted molar refractivity (Wildman–Crippen MR) is 261 cm³/mol. The molecule has 0 aliphatic carbocycles. The summed E-state index contributed by atoms with van der Waals surface area (Å²) in [7, 11) is 0. The number of unbranched alkanes of at least 4 members (excludes halogenated alkanes) is 18. The topological polar surface area (TPSA) is 25.3 Å². The molecule has 338 valence electrons. The van der Waals surface area contributed by atoms with E-state index in [1.807, 2.05) is 0 Å². The van der Waals surface area contributed by atoms with Gasteiger partial charge in [-0.3, -0.25) is 0 Å². The molecular weight excluding hydrogens is 759 g/mol. The Morgan fingerprint density at radius 3 is 0.915 bits per heavy atom. The number of hydrogen-bond donors (Lipinski definition) is 0. The first-order chi connectivity index (χ1) is 28.5. The number of rotatable bonds is 32. The van der Waals surface area contributed by atoms with Crippen LogP contribution in [-0.2, 0) is 42.2 Å². The summed E-state index contributed by atoms with van der Waals surface area (Å²) in [5.74, 6) is 0. The third kappa shape index (κ3) is 22.1. The molecule has 3 rings (SSSR count). The van der Waals surface area contributed by atoms with Crippen molar-refractivity contribution in [2.75, 3.05) is 0 Å². The molecule has 1 aliphatic heterocycles. The van der Waals surface area contributed by atoms with Crippen molar-refractivity contribution in [1.29, 1.82) is 0 Å². The van der Waals surface area contributed by atoms with Crippen LogP contribution in [0.5, 0.6) is 0 Å². The van der Waals surface area contributed by atoms with Crippen LogP contribution in [0.15, 0.2) is 47.5 Å². The Balaban J connectivity index is 0.00000652. The van der Waals surface area contributed by atoms with E-state index in [0.29, 0.717) is 0 Å². The minimum absolute atomic E-state index is 0. The van der Waals surface area contributed by atoms with Crippen LogP contribution in [0.4, 0.5) is 0 Å². The van der Waals surface area contributed by atoms with Gasteiger partial charge in [0, 0.05) is 22.3 Å². The molecule has 0 bridgehead atoms. The Hall–Kier alpha value is -1.99. The molecule has 0 saturated heterocycles. The summed E-state index contributed by atoms with van der Waals surface area (Å²) in [6.07, 6.45) is 37.3. The van der Waals surface area contributed by atoms with Crippen molar-refractivity contribution in [1.82, 2.24) is 0 Å². The van der Waals surface area contributed by atoms with Crippen LogP contribution in [0.2, 0.25) is 0 Å². The summed E-state index contributed by atoms with van der Waals surface area (Å²) in [5, 5.41) is 0. The van der Waals surface area contributed by atoms with Crippen molar-refractivity contribution in [3.63, 3.8) is 0 Å². The van der Waals surface area contributed by atoms with Crippen LogP contribution in [0, 0.1) is 13.8 Å². The number of aryl methyl sites for hydroxylation is 4. The fraction of sp³-hybridized carbons (Fsp3) is 0.679. The molecule has 0 saturated carbocycles. The SMILES string of the molecule is CCCCCCCCc1cc(CCCCCCCC)cc(C2=C(CCCCCC)C(CCCC)=C(c3cc(CCCCC)cc(CCCCC)c3)[N+]2=[N-])c1.[CH2-]C.[CH2-]C.[Ni+2]. The molecule has 2 aromatic carbocycles. The molecule has 0 radical (unpaired) electrons. The van der Waals surface area contributed by atoms with E-state index in [1.54, 1.807) is 18.5 Å². The molecule has 59 heavy (non-hydrogen) atoms. The first-order valence-electron chi connectivity index (χ1n) is 25.1. The molecule has 0 atom stereocenters. The van der Waals surface area contributed by atoms with E-state index < -0.39 is 0 Å². The monoisotopic (exact) mass is 853 g/mol. The van der Waals surface area contributed by atoms with E-state index in [4.69, 9.17) is 0 Å². The Kier molecular flexibility index (Phi) is 36.5. The van der Waals surface area contributed by atoms with Crippen molar-refractivity contribution in [3.8, 4) is 0 Å². The third-order valence-corrected chi connectivity index (χ3v) is 11.8. The third-order valence-electron chi connectivity index (χ3n) is 11.8. The van der Waals surface area contributed by atoms with Gasteiger partial charge in [-0.25, -0.2) is 4.70 Å². The molecule has 1 heterocycles. The fourth-order valence-corrected chi connectivity index (χ4v) is 8.62. The van der Waals surface area contributed by atoms with Crippen LogP contribution in [0.3, 0.4) is 0 Å². The maximum atomic E-state index is 12.7. The van der Waals surface area contributed by atoms with E-state index in [-0.39, 0.29) is 16.5 Å². The second-order valence-corrected chi connectivity index (χ2v) is 16.9. The maximum Gasteiger partial charge on any atom is 2.00 e. The average Bonchev–Trinajstić information content (AvgIpc) is 3.52. The van der Waals surface area contributed by atoms with Crippen LogP contribution in [0.1, 0.15) is 256 Å². The summed E-state index contributed by atoms with van der Waals surface area (Å²) >= 11 is 0. The minimum atomic E-state index is 0. The van der Waals surface area contributed by atoms with Gasteiger partial charge < -0.3 is 19.4 Å². The molecule has 3 heteroatoms. The first-order valence-corrected chi connectivity index (χ1v) is 25.1. The minimum Gasteiger partial charge on any atom is -0.493 e. The maximum absolute atomic E-state index is 12.7. The quantitative estimate of drug-likeness (QED) is 0.0303. The second kappa shape index (κ2) is 37.7. The first kappa shape index (κ1) is 57.0. The van der Waals surface area contributed by atoms with Gasteiger partial charge in [0.05, 0.1) is 0 Å². The molecule has 2 nitrogen and oxygen atoms in total. The van der Waals surface area contributed by atoms with Gasteiger partial charge in [-0.1, -0.05) is 169 Å². The summed E-state index contributed by atoms with van der Waals surface area (Å²) in [5.41, 5.74) is 26.0. The van der Waals surface area contributed by atoms with Crippen LogP contribution in [0.25, 0.3) is 16.9 Å². The van der Waals surface area contributed by atoms with Gasteiger partial charge in [0.2, 0.25) is 11.4 Å². The van der Waals surface area contributed by atoms with Crippen molar-refractivity contribution in [2.24, 2.45) is 0 Å². The molecule has 1 aliphatic rings. The molecule has 0 N–H and O–H groups in total. The van der Waals surface area contributed by atoms with E-state index in [1.165, 1.54) is 186 Å². The van der Waals surface area contributed by atoms with Crippen molar-refractivity contribution < 1.29 is 21.2 Å². The number of allylic oxidation sites excluding steroid dienone is 2. The van der Waals surface area contributed by atoms with Crippen LogP contribution < -0.4 is 0 Å². The predicted octanol–water partition coefficient (Wildman–Crippen LogP) is 19.0. The van der Waals surface area contributed by atoms with Gasteiger partial charge in [-0.05, 0) is 124 Å². The van der Waals surface area contributed by atoms with Crippen LogP contribution >= 0.6 is 0 Å². The van der Waals surface area contributed by atoms with Gasteiger partial charge in [-0.15, -0.1) is 0 Å². The molecule has 0 unspecified atom stereocenters. The summed E-state index contributed by atoms with van der Waals surface area (Å²) < 4.78 is 1.69. The molecular formula is C56H94N2Ni. The zero-order chi connectivity index (χ0) is 42.8. The average molecular weight is 854 g/mol. The zero-order valence-corrected chi connectivity index (χ0v) is 41.3. The summed E-state index contributed by atoms with van der Waals surface area (Å²) in [6, 6.07) is 14.8. The molecule has 0 amide bonds. The largest absolute Gasteiger partial charge is 2.00 e. The van der Waals surface area contributed by atoms with Crippen molar-refractivity contribution in [2.45, 2.75) is 248 Å². The Morgan fingerprint density at radius 1 is 0.339 bits per heavy atom. The molecule has 0 spiro atoms. The zero-order valence-electron chi connectivity index (χ0n) is 40.3. The van der Waals surface area contributed by atoms with Crippen LogP contribution in [-0.4, -0.2) is 4.70 Å². The van der Waals surface area contributed by atoms with Gasteiger partial charge in [0.15, 0.2) is 0 Å². The van der Waals surface area contributed by atoms with Gasteiger partial charge >= 0.3 is 16.5 Å². The number of benzene rings is 2. The number of hydrogen-bond acceptors (Lipinski definition) is 0. The van der Waals surface area contributed by atoms with Crippen molar-refractivity contribution >= 4 is 11.4 Å². The summed E-state index contributed by atoms with van der Waals surface area (Å²) in [4.78, 5) is 0. The Morgan fingerprint density at radius 2 is 0.576 bits per heavy atom. The smallest absolute Gasteiger partial charge is 0.493 e. The number of nitrogens with zero attached hydrogens (tertiary/aromatic N) is 2. The normalized spacial score (nSPS) is 12.3. The van der Waals surface area contributed by atoms with Gasteiger partial charge in [0.25, 0.3) is 0 Å². The van der Waals surface area contributed by atoms with Gasteiger partial charge in [-0.2, -0.15) is 13.8 Å². The van der Waals surface area contributed by atoms with E-state index in [0.717, 1.165) is 62.8 Å². The standard InChI is InChI=1S/C52H84N2.2C2H5.Ni/c1-7-13-19-22-24-28-33-45-38-46(34-29-25-23-20-14-8-2)42-48(41-45)52-50(36-30-21-15-9-3)49(35-18-12-6)51(54(52)53)47-39-43(31-26-16-10-4)37-44(40-47)32-27-17-11-5;2*1-2;/h37-42H,7-36H2,1-6H3;2*1H2,2H3;/q;2*-1;+2. The molecule has 0 aromatic heterocycles. The van der Waals surface area contributed by atoms with E-state index >= 15 is 0 Å². The van der Waals surface area contributed by atoms with E-state index in [2.05, 4.69) is 91.8 Å². The molecule has 2 aromatic rings. The Bertz CT molecular complexity index is 1350. The summed E-state index contributed by atoms with van der Waals surface area (Å²) in [6.45, 7) is 23.8. The fourth-order valence-electron chi connectivity index (χ4n) is 8.62. The molecule has 0 fully saturated rings. The van der Waals surface area contributed by atoms with Crippen molar-refractivity contribution in [3.05, 3.63) is 100 Å². The van der Waals surface area contributed by atoms with E-state index in [9.17, 15) is 5.53 Å². The second-order valence-electron chi connectivity index (χ2n) is 16.9. The van der Waals surface area contributed by atoms with Gasteiger partial charge in [0.1, 0.15) is 0 Å².